The zero-order valence-electron chi connectivity index (χ0n) is 8.60. The Balaban J connectivity index is 2.00. The van der Waals surface area contributed by atoms with Crippen LogP contribution in [-0.4, -0.2) is 41.8 Å². The summed E-state index contributed by atoms with van der Waals surface area (Å²) >= 11 is 0. The van der Waals surface area contributed by atoms with E-state index in [2.05, 4.69) is 0 Å². The van der Waals surface area contributed by atoms with E-state index >= 15 is 0 Å². The van der Waals surface area contributed by atoms with Crippen molar-refractivity contribution in [1.82, 2.24) is 4.31 Å². The van der Waals surface area contributed by atoms with Crippen LogP contribution >= 0.6 is 0 Å². The first-order valence-electron chi connectivity index (χ1n) is 5.07. The number of sulfonamides is 1. The van der Waals surface area contributed by atoms with Crippen LogP contribution in [0.15, 0.2) is 0 Å². The standard InChI is InChI=1S/C9H17NO3S/c1-7(2)14(12,13)10-5-9(11,6-10)8-3-4-8/h7-8,11H,3-6H2,1-2H3. The van der Waals surface area contributed by atoms with Crippen molar-refractivity contribution >= 4 is 10.0 Å². The molecule has 1 N–H and O–H groups in total. The number of hydrogen-bond donors (Lipinski definition) is 1. The molecule has 0 bridgehead atoms. The summed E-state index contributed by atoms with van der Waals surface area (Å²) in [5.41, 5.74) is -0.706. The predicted molar refractivity (Wildman–Crippen MR) is 53.3 cm³/mol. The average molecular weight is 219 g/mol. The maximum atomic E-state index is 11.7. The van der Waals surface area contributed by atoms with E-state index in [4.69, 9.17) is 0 Å². The van der Waals surface area contributed by atoms with Gasteiger partial charge >= 0.3 is 0 Å². The third kappa shape index (κ3) is 1.47. The van der Waals surface area contributed by atoms with Crippen molar-refractivity contribution in [1.29, 1.82) is 0 Å². The first-order chi connectivity index (χ1) is 6.36. The van der Waals surface area contributed by atoms with E-state index in [1.165, 1.54) is 4.31 Å². The highest BCUT2D eigenvalue weighted by Crippen LogP contribution is 2.45. The van der Waals surface area contributed by atoms with Crippen LogP contribution < -0.4 is 0 Å². The van der Waals surface area contributed by atoms with Crippen LogP contribution in [0.3, 0.4) is 0 Å². The summed E-state index contributed by atoms with van der Waals surface area (Å²) in [6.45, 7) is 3.95. The molecule has 2 rings (SSSR count). The quantitative estimate of drug-likeness (QED) is 0.736. The summed E-state index contributed by atoms with van der Waals surface area (Å²) in [4.78, 5) is 0. The lowest BCUT2D eigenvalue weighted by Gasteiger charge is -2.46. The monoisotopic (exact) mass is 219 g/mol. The van der Waals surface area contributed by atoms with Gasteiger partial charge in [0.1, 0.15) is 0 Å². The normalized spacial score (nSPS) is 27.7. The molecule has 5 heteroatoms. The van der Waals surface area contributed by atoms with Crippen molar-refractivity contribution in [3.63, 3.8) is 0 Å². The van der Waals surface area contributed by atoms with Gasteiger partial charge < -0.3 is 5.11 Å². The van der Waals surface area contributed by atoms with Crippen molar-refractivity contribution in [2.45, 2.75) is 37.5 Å². The first-order valence-corrected chi connectivity index (χ1v) is 6.58. The summed E-state index contributed by atoms with van der Waals surface area (Å²) in [5.74, 6) is 0.348. The SMILES string of the molecule is CC(C)S(=O)(=O)N1CC(O)(C2CC2)C1. The van der Waals surface area contributed by atoms with Crippen LogP contribution in [-0.2, 0) is 10.0 Å². The molecule has 0 atom stereocenters. The van der Waals surface area contributed by atoms with Gasteiger partial charge in [-0.15, -0.1) is 0 Å². The molecule has 4 nitrogen and oxygen atoms in total. The minimum absolute atomic E-state index is 0.304. The molecule has 1 saturated heterocycles. The van der Waals surface area contributed by atoms with Crippen molar-refractivity contribution in [3.8, 4) is 0 Å². The topological polar surface area (TPSA) is 57.6 Å². The lowest BCUT2D eigenvalue weighted by Crippen LogP contribution is -2.65. The molecule has 1 saturated carbocycles. The molecule has 2 aliphatic rings. The van der Waals surface area contributed by atoms with Gasteiger partial charge in [0.05, 0.1) is 10.9 Å². The molecule has 0 aromatic carbocycles. The molecule has 0 aromatic heterocycles. The highest BCUT2D eigenvalue weighted by Gasteiger charge is 2.55. The number of rotatable bonds is 3. The fourth-order valence-electron chi connectivity index (χ4n) is 1.92. The maximum absolute atomic E-state index is 11.7. The maximum Gasteiger partial charge on any atom is 0.216 e. The second-order valence-corrected chi connectivity index (χ2v) is 7.23. The minimum atomic E-state index is -3.14. The molecule has 0 amide bonds. The van der Waals surface area contributed by atoms with Crippen LogP contribution in [0.2, 0.25) is 0 Å². The van der Waals surface area contributed by atoms with Gasteiger partial charge in [0.2, 0.25) is 10.0 Å². The van der Waals surface area contributed by atoms with Crippen molar-refractivity contribution in [2.24, 2.45) is 5.92 Å². The van der Waals surface area contributed by atoms with E-state index < -0.39 is 15.6 Å². The van der Waals surface area contributed by atoms with E-state index in [0.29, 0.717) is 19.0 Å². The van der Waals surface area contributed by atoms with Gasteiger partial charge in [-0.2, -0.15) is 4.31 Å². The summed E-state index contributed by atoms with van der Waals surface area (Å²) in [6.07, 6.45) is 2.10. The Labute approximate surface area is 85.0 Å². The highest BCUT2D eigenvalue weighted by atomic mass is 32.2. The van der Waals surface area contributed by atoms with E-state index in [-0.39, 0.29) is 5.25 Å². The number of β-amino-alcohol motifs (C(OH)–C–C–N with tert-alkyl or cyclic N) is 1. The Morgan fingerprint density at radius 3 is 2.21 bits per heavy atom. The second-order valence-electron chi connectivity index (χ2n) is 4.74. The molecular weight excluding hydrogens is 202 g/mol. The van der Waals surface area contributed by atoms with Crippen LogP contribution in [0.25, 0.3) is 0 Å². The van der Waals surface area contributed by atoms with Gasteiger partial charge in [-0.1, -0.05) is 0 Å². The molecule has 2 fully saturated rings. The van der Waals surface area contributed by atoms with E-state index in [9.17, 15) is 13.5 Å². The van der Waals surface area contributed by atoms with Crippen molar-refractivity contribution in [3.05, 3.63) is 0 Å². The van der Waals surface area contributed by atoms with Gasteiger partial charge in [0.25, 0.3) is 0 Å². The van der Waals surface area contributed by atoms with Crippen molar-refractivity contribution in [2.75, 3.05) is 13.1 Å². The molecule has 0 aromatic rings. The van der Waals surface area contributed by atoms with Crippen LogP contribution in [0.1, 0.15) is 26.7 Å². The molecule has 0 spiro atoms. The third-order valence-electron chi connectivity index (χ3n) is 3.19. The Kier molecular flexibility index (Phi) is 2.18. The summed E-state index contributed by atoms with van der Waals surface area (Å²) in [5, 5.41) is 9.58. The van der Waals surface area contributed by atoms with Crippen LogP contribution in [0.4, 0.5) is 0 Å². The predicted octanol–water partition coefficient (Wildman–Crippen LogP) is 0.181. The summed E-state index contributed by atoms with van der Waals surface area (Å²) in [6, 6.07) is 0. The number of aliphatic hydroxyl groups is 1. The van der Waals surface area contributed by atoms with Gasteiger partial charge in [0.15, 0.2) is 0 Å². The smallest absolute Gasteiger partial charge is 0.216 e. The zero-order valence-corrected chi connectivity index (χ0v) is 9.42. The van der Waals surface area contributed by atoms with Gasteiger partial charge in [-0.05, 0) is 32.6 Å². The first kappa shape index (κ1) is 10.4. The third-order valence-corrected chi connectivity index (χ3v) is 5.36. The van der Waals surface area contributed by atoms with E-state index in [1.54, 1.807) is 13.8 Å². The molecule has 1 aliphatic heterocycles. The Morgan fingerprint density at radius 2 is 1.86 bits per heavy atom. The molecular formula is C9H17NO3S. The summed E-state index contributed by atoms with van der Waals surface area (Å²) < 4.78 is 24.7. The number of nitrogens with zero attached hydrogens (tertiary/aromatic N) is 1. The van der Waals surface area contributed by atoms with Crippen LogP contribution in [0, 0.1) is 5.92 Å². The molecule has 0 unspecified atom stereocenters. The fraction of sp³-hybridized carbons (Fsp3) is 1.00. The van der Waals surface area contributed by atoms with Crippen molar-refractivity contribution < 1.29 is 13.5 Å². The van der Waals surface area contributed by atoms with Gasteiger partial charge in [-0.3, -0.25) is 0 Å². The van der Waals surface area contributed by atoms with E-state index in [0.717, 1.165) is 12.8 Å². The molecule has 0 radical (unpaired) electrons. The molecule has 14 heavy (non-hydrogen) atoms. The Morgan fingerprint density at radius 1 is 1.36 bits per heavy atom. The van der Waals surface area contributed by atoms with E-state index in [1.807, 2.05) is 0 Å². The fourth-order valence-corrected chi connectivity index (χ4v) is 3.32. The average Bonchev–Trinajstić information content (AvgIpc) is 2.80. The lowest BCUT2D eigenvalue weighted by molar-refractivity contribution is -0.0767. The molecule has 1 aliphatic carbocycles. The minimum Gasteiger partial charge on any atom is -0.387 e. The van der Waals surface area contributed by atoms with Gasteiger partial charge in [0, 0.05) is 13.1 Å². The Hall–Kier alpha value is -0.130. The highest BCUT2D eigenvalue weighted by molar-refractivity contribution is 7.89. The van der Waals surface area contributed by atoms with Gasteiger partial charge in [-0.25, -0.2) is 8.42 Å². The second kappa shape index (κ2) is 2.93. The molecule has 1 heterocycles. The molecule has 82 valence electrons. The number of hydrogen-bond acceptors (Lipinski definition) is 3. The Bertz CT molecular complexity index is 326. The summed E-state index contributed by atoms with van der Waals surface area (Å²) in [7, 11) is -3.14. The lowest BCUT2D eigenvalue weighted by atomic mass is 9.91. The zero-order chi connectivity index (χ0) is 10.6. The largest absolute Gasteiger partial charge is 0.387 e. The van der Waals surface area contributed by atoms with Crippen LogP contribution in [0.5, 0.6) is 0 Å².